The van der Waals surface area contributed by atoms with E-state index in [0.29, 0.717) is 5.69 Å². The lowest BCUT2D eigenvalue weighted by Crippen LogP contribution is -2.36. The van der Waals surface area contributed by atoms with Crippen molar-refractivity contribution in [3.05, 3.63) is 83.2 Å². The Bertz CT molecular complexity index is 1060. The van der Waals surface area contributed by atoms with Crippen molar-refractivity contribution in [2.75, 3.05) is 5.32 Å². The second kappa shape index (κ2) is 9.78. The molecule has 1 amide bonds. The van der Waals surface area contributed by atoms with Gasteiger partial charge >= 0.3 is 0 Å². The number of benzene rings is 2. The van der Waals surface area contributed by atoms with Crippen LogP contribution in [0, 0.1) is 18.6 Å². The molecule has 0 fully saturated rings. The zero-order valence-electron chi connectivity index (χ0n) is 16.8. The molecule has 0 saturated carbocycles. The van der Waals surface area contributed by atoms with Crippen LogP contribution in [0.25, 0.3) is 0 Å². The van der Waals surface area contributed by atoms with E-state index in [1.54, 1.807) is 12.1 Å². The third-order valence-corrected chi connectivity index (χ3v) is 4.35. The van der Waals surface area contributed by atoms with Gasteiger partial charge in [0, 0.05) is 24.0 Å². The Kier molecular flexibility index (Phi) is 6.90. The third-order valence-electron chi connectivity index (χ3n) is 4.35. The first-order valence-electron chi connectivity index (χ1n) is 9.62. The summed E-state index contributed by atoms with van der Waals surface area (Å²) in [5, 5.41) is 9.90. The van der Waals surface area contributed by atoms with Crippen molar-refractivity contribution in [3.63, 3.8) is 0 Å². The summed E-state index contributed by atoms with van der Waals surface area (Å²) < 4.78 is 29.4. The number of carbonyl (C=O) groups is 1. The quantitative estimate of drug-likeness (QED) is 0.470. The highest BCUT2D eigenvalue weighted by Gasteiger charge is 2.14. The van der Waals surface area contributed by atoms with Crippen molar-refractivity contribution in [2.45, 2.75) is 33.4 Å². The smallest absolute Gasteiger partial charge is 0.260 e. The molecular weight excluding hydrogens is 388 g/mol. The maximum absolute atomic E-state index is 14.0. The summed E-state index contributed by atoms with van der Waals surface area (Å²) in [6.45, 7) is 4.98. The molecule has 0 spiro atoms. The van der Waals surface area contributed by atoms with Gasteiger partial charge in [0.15, 0.2) is 0 Å². The van der Waals surface area contributed by atoms with Crippen LogP contribution in [-0.2, 0) is 13.1 Å². The molecule has 2 aromatic carbocycles. The fourth-order valence-electron chi connectivity index (χ4n) is 2.86. The minimum atomic E-state index is -0.658. The average Bonchev–Trinajstić information content (AvgIpc) is 3.06. The molecule has 0 unspecified atom stereocenters. The van der Waals surface area contributed by atoms with Gasteiger partial charge in [-0.25, -0.2) is 13.8 Å². The Morgan fingerprint density at radius 1 is 1.17 bits per heavy atom. The predicted molar refractivity (Wildman–Crippen MR) is 112 cm³/mol. The van der Waals surface area contributed by atoms with Crippen LogP contribution in [0.15, 0.2) is 59.7 Å². The van der Waals surface area contributed by atoms with Crippen molar-refractivity contribution in [1.82, 2.24) is 15.1 Å². The molecule has 1 heterocycles. The first-order valence-corrected chi connectivity index (χ1v) is 9.62. The molecule has 2 N–H and O–H groups in total. The molecule has 0 aliphatic rings. The summed E-state index contributed by atoms with van der Waals surface area (Å²) in [5.74, 6) is -1.65. The SMILES string of the molecule is CCCn1cc(CN=C(NC(=O)c2ccccc2F)Nc2cccc(F)c2)c(C)n1. The van der Waals surface area contributed by atoms with E-state index in [4.69, 9.17) is 0 Å². The molecule has 8 heteroatoms. The van der Waals surface area contributed by atoms with Gasteiger partial charge in [-0.1, -0.05) is 25.1 Å². The first kappa shape index (κ1) is 21.2. The molecule has 0 bridgehead atoms. The number of guanidine groups is 1. The number of aryl methyl sites for hydroxylation is 2. The van der Waals surface area contributed by atoms with Crippen LogP contribution in [0.4, 0.5) is 14.5 Å². The summed E-state index contributed by atoms with van der Waals surface area (Å²) in [6.07, 6.45) is 2.86. The maximum atomic E-state index is 14.0. The Labute approximate surface area is 173 Å². The number of nitrogens with zero attached hydrogens (tertiary/aromatic N) is 3. The number of hydrogen-bond acceptors (Lipinski definition) is 3. The zero-order valence-corrected chi connectivity index (χ0v) is 16.8. The number of nitrogens with one attached hydrogen (secondary N) is 2. The summed E-state index contributed by atoms with van der Waals surface area (Å²) >= 11 is 0. The number of hydrogen-bond donors (Lipinski definition) is 2. The molecule has 156 valence electrons. The van der Waals surface area contributed by atoms with Gasteiger partial charge in [-0.3, -0.25) is 14.8 Å². The fourth-order valence-corrected chi connectivity index (χ4v) is 2.86. The van der Waals surface area contributed by atoms with Gasteiger partial charge in [-0.15, -0.1) is 0 Å². The zero-order chi connectivity index (χ0) is 21.5. The lowest BCUT2D eigenvalue weighted by molar-refractivity contribution is 0.0973. The Morgan fingerprint density at radius 3 is 2.70 bits per heavy atom. The van der Waals surface area contributed by atoms with Crippen molar-refractivity contribution >= 4 is 17.6 Å². The molecule has 3 aromatic rings. The van der Waals surface area contributed by atoms with Crippen LogP contribution >= 0.6 is 0 Å². The molecule has 6 nitrogen and oxygen atoms in total. The first-order chi connectivity index (χ1) is 14.5. The van der Waals surface area contributed by atoms with Crippen LogP contribution in [0.3, 0.4) is 0 Å². The van der Waals surface area contributed by atoms with Crippen LogP contribution in [0.1, 0.15) is 35.0 Å². The van der Waals surface area contributed by atoms with E-state index >= 15 is 0 Å². The van der Waals surface area contributed by atoms with Gasteiger partial charge < -0.3 is 5.32 Å². The summed E-state index contributed by atoms with van der Waals surface area (Å²) in [6, 6.07) is 11.4. The van der Waals surface area contributed by atoms with Crippen molar-refractivity contribution in [1.29, 1.82) is 0 Å². The minimum absolute atomic E-state index is 0.0801. The number of anilines is 1. The second-order valence-electron chi connectivity index (χ2n) is 6.74. The normalized spacial score (nSPS) is 11.4. The number of carbonyl (C=O) groups excluding carboxylic acids is 1. The fraction of sp³-hybridized carbons (Fsp3) is 0.227. The minimum Gasteiger partial charge on any atom is -0.326 e. The van der Waals surface area contributed by atoms with Crippen LogP contribution in [-0.4, -0.2) is 21.6 Å². The Hall–Kier alpha value is -3.55. The highest BCUT2D eigenvalue weighted by Crippen LogP contribution is 2.12. The van der Waals surface area contributed by atoms with Gasteiger partial charge in [0.25, 0.3) is 5.91 Å². The van der Waals surface area contributed by atoms with Crippen LogP contribution in [0.2, 0.25) is 0 Å². The molecule has 30 heavy (non-hydrogen) atoms. The van der Waals surface area contributed by atoms with Gasteiger partial charge in [0.1, 0.15) is 11.6 Å². The Morgan fingerprint density at radius 2 is 1.97 bits per heavy atom. The van der Waals surface area contributed by atoms with Crippen LogP contribution in [0.5, 0.6) is 0 Å². The lowest BCUT2D eigenvalue weighted by atomic mass is 10.2. The van der Waals surface area contributed by atoms with E-state index in [9.17, 15) is 13.6 Å². The maximum Gasteiger partial charge on any atom is 0.260 e. The van der Waals surface area contributed by atoms with E-state index in [1.165, 1.54) is 36.4 Å². The molecule has 0 radical (unpaired) electrons. The molecule has 0 aliphatic carbocycles. The van der Waals surface area contributed by atoms with Crippen molar-refractivity contribution in [2.24, 2.45) is 4.99 Å². The highest BCUT2D eigenvalue weighted by molar-refractivity contribution is 6.10. The summed E-state index contributed by atoms with van der Waals surface area (Å²) in [5.41, 5.74) is 2.01. The van der Waals surface area contributed by atoms with E-state index in [0.717, 1.165) is 24.2 Å². The molecular formula is C22H23F2N5O. The number of amides is 1. The van der Waals surface area contributed by atoms with E-state index in [2.05, 4.69) is 27.6 Å². The lowest BCUT2D eigenvalue weighted by Gasteiger charge is -2.12. The van der Waals surface area contributed by atoms with E-state index in [1.807, 2.05) is 17.8 Å². The van der Waals surface area contributed by atoms with Crippen molar-refractivity contribution in [3.8, 4) is 0 Å². The number of aromatic nitrogens is 2. The number of rotatable bonds is 6. The standard InChI is InChI=1S/C22H23F2N5O/c1-3-11-29-14-16(15(2)28-29)13-25-22(26-18-8-6-7-17(23)12-18)27-21(30)19-9-4-5-10-20(19)24/h4-10,12,14H,3,11,13H2,1-2H3,(H2,25,26,27,30). The number of halogens is 2. The molecule has 3 rings (SSSR count). The largest absolute Gasteiger partial charge is 0.326 e. The van der Waals surface area contributed by atoms with Crippen molar-refractivity contribution < 1.29 is 13.6 Å². The molecule has 0 atom stereocenters. The van der Waals surface area contributed by atoms with Gasteiger partial charge in [-0.05, 0) is 43.7 Å². The molecule has 1 aromatic heterocycles. The van der Waals surface area contributed by atoms with Gasteiger partial charge in [0.05, 0.1) is 17.8 Å². The van der Waals surface area contributed by atoms with E-state index < -0.39 is 17.5 Å². The predicted octanol–water partition coefficient (Wildman–Crippen LogP) is 4.28. The second-order valence-corrected chi connectivity index (χ2v) is 6.74. The third kappa shape index (κ3) is 5.50. The topological polar surface area (TPSA) is 71.3 Å². The highest BCUT2D eigenvalue weighted by atomic mass is 19.1. The molecule has 0 saturated heterocycles. The number of aliphatic imine (C=N–C) groups is 1. The summed E-state index contributed by atoms with van der Waals surface area (Å²) in [4.78, 5) is 17.0. The molecule has 0 aliphatic heterocycles. The van der Waals surface area contributed by atoms with Gasteiger partial charge in [-0.2, -0.15) is 5.10 Å². The monoisotopic (exact) mass is 411 g/mol. The van der Waals surface area contributed by atoms with Crippen LogP contribution < -0.4 is 10.6 Å². The van der Waals surface area contributed by atoms with Gasteiger partial charge in [0.2, 0.25) is 5.96 Å². The Balaban J connectivity index is 1.84. The van der Waals surface area contributed by atoms with E-state index in [-0.39, 0.29) is 18.1 Å². The summed E-state index contributed by atoms with van der Waals surface area (Å²) in [7, 11) is 0. The average molecular weight is 411 g/mol.